The average molecular weight is 469 g/mol. The summed E-state index contributed by atoms with van der Waals surface area (Å²) in [5.41, 5.74) is 6.54. The van der Waals surface area contributed by atoms with Gasteiger partial charge in [-0.15, -0.1) is 0 Å². The molecule has 3 heterocycles. The molecule has 2 fully saturated rings. The van der Waals surface area contributed by atoms with Crippen LogP contribution in [0.5, 0.6) is 0 Å². The Morgan fingerprint density at radius 3 is 2.47 bits per heavy atom. The van der Waals surface area contributed by atoms with E-state index in [0.717, 1.165) is 57.7 Å². The topological polar surface area (TPSA) is 133 Å². The number of carbonyl (C=O) groups is 1. The lowest BCUT2D eigenvalue weighted by molar-refractivity contribution is 0.0196. The average Bonchev–Trinajstić information content (AvgIpc) is 2.81. The van der Waals surface area contributed by atoms with Crippen molar-refractivity contribution in [3.8, 4) is 0 Å². The second-order valence-corrected chi connectivity index (χ2v) is 9.67. The van der Waals surface area contributed by atoms with E-state index >= 15 is 0 Å². The normalized spacial score (nSPS) is 23.5. The molecule has 2 aromatic heterocycles. The first-order valence-corrected chi connectivity index (χ1v) is 12.1. The Balaban J connectivity index is 1.53. The number of primary amides is 1. The smallest absolute Gasteiger partial charge is 0.271 e. The maximum absolute atomic E-state index is 12.1. The summed E-state index contributed by atoms with van der Waals surface area (Å²) in [6.07, 6.45) is 5.50. The fraction of sp³-hybridized carbons (Fsp3) is 0.583. The highest BCUT2D eigenvalue weighted by Gasteiger charge is 2.29. The zero-order valence-corrected chi connectivity index (χ0v) is 20.3. The Morgan fingerprint density at radius 2 is 1.88 bits per heavy atom. The molecule has 0 aromatic carbocycles. The number of nitrogens with one attached hydrogen (secondary N) is 2. The monoisotopic (exact) mass is 468 g/mol. The van der Waals surface area contributed by atoms with E-state index in [-0.39, 0.29) is 11.7 Å². The van der Waals surface area contributed by atoms with Crippen molar-refractivity contribution in [1.82, 2.24) is 19.9 Å². The Morgan fingerprint density at radius 1 is 1.18 bits per heavy atom. The van der Waals surface area contributed by atoms with Gasteiger partial charge in [-0.1, -0.05) is 6.92 Å². The maximum Gasteiger partial charge on any atom is 0.271 e. The van der Waals surface area contributed by atoms with Crippen LogP contribution in [0.25, 0.3) is 0 Å². The number of piperazine rings is 1. The molecule has 0 atom stereocenters. The number of aryl methyl sites for hydroxylation is 1. The SMILES string of the molecule is CCc1nc(C(N)=O)c(Nc2ccc(N3CCN(C)CC3)nc2)nc1NC1CCC(C)(O)CC1. The predicted molar refractivity (Wildman–Crippen MR) is 134 cm³/mol. The Bertz CT molecular complexity index is 993. The van der Waals surface area contributed by atoms with E-state index in [1.54, 1.807) is 6.20 Å². The van der Waals surface area contributed by atoms with Gasteiger partial charge in [0.2, 0.25) is 0 Å². The molecule has 1 saturated heterocycles. The number of nitrogens with zero attached hydrogens (tertiary/aromatic N) is 5. The minimum Gasteiger partial charge on any atom is -0.390 e. The predicted octanol–water partition coefficient (Wildman–Crippen LogP) is 2.13. The lowest BCUT2D eigenvalue weighted by Gasteiger charge is -2.34. The fourth-order valence-corrected chi connectivity index (χ4v) is 4.49. The van der Waals surface area contributed by atoms with Crippen molar-refractivity contribution >= 4 is 29.0 Å². The van der Waals surface area contributed by atoms with E-state index in [4.69, 9.17) is 10.7 Å². The van der Waals surface area contributed by atoms with Crippen LogP contribution in [-0.2, 0) is 6.42 Å². The van der Waals surface area contributed by atoms with Gasteiger partial charge in [-0.25, -0.2) is 15.0 Å². The van der Waals surface area contributed by atoms with Crippen LogP contribution in [0.15, 0.2) is 18.3 Å². The number of carbonyl (C=O) groups excluding carboxylic acids is 1. The van der Waals surface area contributed by atoms with Crippen LogP contribution in [0, 0.1) is 0 Å². The minimum absolute atomic E-state index is 0.108. The van der Waals surface area contributed by atoms with Crippen LogP contribution in [0.2, 0.25) is 0 Å². The summed E-state index contributed by atoms with van der Waals surface area (Å²) >= 11 is 0. The molecule has 5 N–H and O–H groups in total. The van der Waals surface area contributed by atoms with Crippen molar-refractivity contribution in [2.24, 2.45) is 5.73 Å². The van der Waals surface area contributed by atoms with Gasteiger partial charge >= 0.3 is 0 Å². The highest BCUT2D eigenvalue weighted by atomic mass is 16.3. The van der Waals surface area contributed by atoms with Gasteiger partial charge in [0.05, 0.1) is 23.2 Å². The minimum atomic E-state index is -0.632. The third-order valence-corrected chi connectivity index (χ3v) is 6.78. The fourth-order valence-electron chi connectivity index (χ4n) is 4.49. The zero-order valence-electron chi connectivity index (χ0n) is 20.3. The molecule has 34 heavy (non-hydrogen) atoms. The molecule has 1 amide bonds. The van der Waals surface area contributed by atoms with Gasteiger partial charge in [0.15, 0.2) is 11.5 Å². The Kier molecular flexibility index (Phi) is 7.18. The molecule has 1 saturated carbocycles. The number of nitrogens with two attached hydrogens (primary N) is 1. The molecule has 0 unspecified atom stereocenters. The molecule has 184 valence electrons. The van der Waals surface area contributed by atoms with Gasteiger partial charge in [-0.3, -0.25) is 4.79 Å². The molecule has 4 rings (SSSR count). The van der Waals surface area contributed by atoms with Crippen molar-refractivity contribution < 1.29 is 9.90 Å². The van der Waals surface area contributed by atoms with E-state index in [1.165, 1.54) is 0 Å². The van der Waals surface area contributed by atoms with E-state index in [1.807, 2.05) is 26.0 Å². The summed E-state index contributed by atoms with van der Waals surface area (Å²) in [5, 5.41) is 16.9. The summed E-state index contributed by atoms with van der Waals surface area (Å²) in [6, 6.07) is 4.09. The van der Waals surface area contributed by atoms with Gasteiger partial charge in [-0.2, -0.15) is 0 Å². The van der Waals surface area contributed by atoms with Crippen LogP contribution >= 0.6 is 0 Å². The number of rotatable bonds is 7. The molecule has 1 aliphatic carbocycles. The Labute approximate surface area is 201 Å². The summed E-state index contributed by atoms with van der Waals surface area (Å²) in [5.74, 6) is 1.25. The second kappa shape index (κ2) is 10.1. The molecule has 10 nitrogen and oxygen atoms in total. The molecule has 1 aliphatic heterocycles. The molecule has 0 radical (unpaired) electrons. The number of hydrogen-bond donors (Lipinski definition) is 4. The molecule has 2 aromatic rings. The second-order valence-electron chi connectivity index (χ2n) is 9.67. The highest BCUT2D eigenvalue weighted by Crippen LogP contribution is 2.31. The molecule has 0 bridgehead atoms. The van der Waals surface area contributed by atoms with Gasteiger partial charge in [-0.05, 0) is 58.2 Å². The number of likely N-dealkylation sites (N-methyl/N-ethyl adjacent to an activating group) is 1. The van der Waals surface area contributed by atoms with Gasteiger partial charge in [0.1, 0.15) is 11.6 Å². The summed E-state index contributed by atoms with van der Waals surface area (Å²) < 4.78 is 0. The summed E-state index contributed by atoms with van der Waals surface area (Å²) in [4.78, 5) is 30.6. The summed E-state index contributed by atoms with van der Waals surface area (Å²) in [6.45, 7) is 7.76. The van der Waals surface area contributed by atoms with Crippen LogP contribution in [0.1, 0.15) is 55.7 Å². The molecular formula is C24H36N8O2. The van der Waals surface area contributed by atoms with Crippen LogP contribution in [-0.4, -0.2) is 75.7 Å². The number of aromatic nitrogens is 3. The molecule has 2 aliphatic rings. The first-order valence-electron chi connectivity index (χ1n) is 12.1. The lowest BCUT2D eigenvalue weighted by atomic mass is 9.83. The van der Waals surface area contributed by atoms with Crippen LogP contribution in [0.3, 0.4) is 0 Å². The van der Waals surface area contributed by atoms with Crippen molar-refractivity contribution in [3.63, 3.8) is 0 Å². The number of pyridine rings is 1. The molecule has 10 heteroatoms. The van der Waals surface area contributed by atoms with E-state index in [0.29, 0.717) is 29.4 Å². The van der Waals surface area contributed by atoms with E-state index in [2.05, 4.69) is 37.4 Å². The molecular weight excluding hydrogens is 432 g/mol. The first kappa shape index (κ1) is 24.2. The van der Waals surface area contributed by atoms with Crippen molar-refractivity contribution in [3.05, 3.63) is 29.7 Å². The highest BCUT2D eigenvalue weighted by molar-refractivity contribution is 5.96. The largest absolute Gasteiger partial charge is 0.390 e. The quantitative estimate of drug-likeness (QED) is 0.482. The number of aliphatic hydroxyl groups is 1. The van der Waals surface area contributed by atoms with Gasteiger partial charge in [0, 0.05) is 32.2 Å². The number of hydrogen-bond acceptors (Lipinski definition) is 9. The van der Waals surface area contributed by atoms with Crippen molar-refractivity contribution in [1.29, 1.82) is 0 Å². The summed E-state index contributed by atoms with van der Waals surface area (Å²) in [7, 11) is 2.12. The van der Waals surface area contributed by atoms with Crippen LogP contribution in [0.4, 0.5) is 23.1 Å². The van der Waals surface area contributed by atoms with Gasteiger partial charge < -0.3 is 31.3 Å². The van der Waals surface area contributed by atoms with E-state index < -0.39 is 11.5 Å². The lowest BCUT2D eigenvalue weighted by Crippen LogP contribution is -2.44. The standard InChI is InChI=1S/C24H36N8O2/c1-4-18-22(27-16-7-9-24(2,34)10-8-16)30-23(20(29-18)21(25)33)28-17-5-6-19(26-15-17)32-13-11-31(3)12-14-32/h5-6,15-16,34H,4,7-14H2,1-3H3,(H2,25,33)(H2,27,28,30). The third kappa shape index (κ3) is 5.74. The van der Waals surface area contributed by atoms with Crippen molar-refractivity contribution in [2.75, 3.05) is 48.8 Å². The van der Waals surface area contributed by atoms with E-state index in [9.17, 15) is 9.90 Å². The molecule has 0 spiro atoms. The van der Waals surface area contributed by atoms with Crippen LogP contribution < -0.4 is 21.3 Å². The maximum atomic E-state index is 12.1. The Hall–Kier alpha value is -2.98. The van der Waals surface area contributed by atoms with Gasteiger partial charge in [0.25, 0.3) is 5.91 Å². The number of anilines is 4. The third-order valence-electron chi connectivity index (χ3n) is 6.78. The number of amides is 1. The zero-order chi connectivity index (χ0) is 24.3. The van der Waals surface area contributed by atoms with Crippen molar-refractivity contribution in [2.45, 2.75) is 57.6 Å². The first-order chi connectivity index (χ1) is 16.2.